The number of amides is 1. The third-order valence-electron chi connectivity index (χ3n) is 5.94. The second-order valence-corrected chi connectivity index (χ2v) is 8.97. The summed E-state index contributed by atoms with van der Waals surface area (Å²) in [4.78, 5) is 12.7. The van der Waals surface area contributed by atoms with Crippen LogP contribution in [0.5, 0.6) is 17.2 Å². The van der Waals surface area contributed by atoms with Gasteiger partial charge in [-0.2, -0.15) is 0 Å². The lowest BCUT2D eigenvalue weighted by Gasteiger charge is -2.25. The van der Waals surface area contributed by atoms with Crippen LogP contribution in [-0.2, 0) is 11.3 Å². The van der Waals surface area contributed by atoms with Gasteiger partial charge in [0.15, 0.2) is 22.4 Å². The van der Waals surface area contributed by atoms with Gasteiger partial charge in [0.2, 0.25) is 11.7 Å². The number of nitrogens with zero attached hydrogens (tertiary/aromatic N) is 3. The molecule has 4 rings (SSSR count). The Morgan fingerprint density at radius 1 is 1.09 bits per heavy atom. The summed E-state index contributed by atoms with van der Waals surface area (Å²) in [6.07, 6.45) is 7.39. The number of carbonyl (C=O) groups excluding carboxylic acids is 1. The van der Waals surface area contributed by atoms with Gasteiger partial charge in [-0.3, -0.25) is 9.36 Å². The molecule has 1 saturated carbocycles. The van der Waals surface area contributed by atoms with Crippen LogP contribution in [0, 0.1) is 0 Å². The third-order valence-corrected chi connectivity index (χ3v) is 6.88. The summed E-state index contributed by atoms with van der Waals surface area (Å²) in [6.45, 7) is 0.301. The van der Waals surface area contributed by atoms with E-state index in [0.29, 0.717) is 35.6 Å². The topological polar surface area (TPSA) is 101 Å². The number of methoxy groups -OCH3 is 3. The second-order valence-electron chi connectivity index (χ2n) is 8.03. The summed E-state index contributed by atoms with van der Waals surface area (Å²) in [5, 5.41) is 12.5. The molecule has 1 N–H and O–H groups in total. The van der Waals surface area contributed by atoms with E-state index >= 15 is 0 Å². The number of carbonyl (C=O) groups is 1. The summed E-state index contributed by atoms with van der Waals surface area (Å²) in [6, 6.07) is 7.60. The quantitative estimate of drug-likeness (QED) is 0.419. The second kappa shape index (κ2) is 11.3. The van der Waals surface area contributed by atoms with Gasteiger partial charge < -0.3 is 23.9 Å². The lowest BCUT2D eigenvalue weighted by Crippen LogP contribution is -2.25. The maximum atomic E-state index is 12.7. The number of nitrogens with one attached hydrogen (secondary N) is 1. The van der Waals surface area contributed by atoms with Gasteiger partial charge in [-0.25, -0.2) is 0 Å². The SMILES string of the molecule is COc1cc(OC)c(OC)cc1CNC(=O)CSc1nnc(-c2ccco2)n1C1CCCCC1. The summed E-state index contributed by atoms with van der Waals surface area (Å²) in [7, 11) is 4.72. The van der Waals surface area contributed by atoms with Gasteiger partial charge in [0.05, 0.1) is 33.3 Å². The van der Waals surface area contributed by atoms with E-state index in [1.54, 1.807) is 39.7 Å². The molecule has 2 aromatic heterocycles. The van der Waals surface area contributed by atoms with Crippen molar-refractivity contribution in [2.75, 3.05) is 27.1 Å². The highest BCUT2D eigenvalue weighted by molar-refractivity contribution is 7.99. The lowest BCUT2D eigenvalue weighted by molar-refractivity contribution is -0.118. The first kappa shape index (κ1) is 24.0. The monoisotopic (exact) mass is 486 g/mol. The van der Waals surface area contributed by atoms with E-state index in [-0.39, 0.29) is 11.7 Å². The number of hydrogen-bond acceptors (Lipinski definition) is 8. The Bertz CT molecular complexity index is 1090. The highest BCUT2D eigenvalue weighted by Crippen LogP contribution is 2.36. The van der Waals surface area contributed by atoms with Crippen LogP contribution in [0.1, 0.15) is 43.7 Å². The molecule has 1 amide bonds. The first-order valence-electron chi connectivity index (χ1n) is 11.3. The van der Waals surface area contributed by atoms with Crippen molar-refractivity contribution >= 4 is 17.7 Å². The predicted octanol–water partition coefficient (Wildman–Crippen LogP) is 4.48. The molecule has 9 nitrogen and oxygen atoms in total. The van der Waals surface area contributed by atoms with E-state index in [2.05, 4.69) is 20.1 Å². The van der Waals surface area contributed by atoms with Crippen LogP contribution < -0.4 is 19.5 Å². The molecule has 1 fully saturated rings. The zero-order valence-corrected chi connectivity index (χ0v) is 20.5. The van der Waals surface area contributed by atoms with Gasteiger partial charge in [-0.15, -0.1) is 10.2 Å². The molecular weight excluding hydrogens is 456 g/mol. The number of aromatic nitrogens is 3. The van der Waals surface area contributed by atoms with Crippen molar-refractivity contribution < 1.29 is 23.4 Å². The van der Waals surface area contributed by atoms with E-state index in [0.717, 1.165) is 29.4 Å². The fourth-order valence-corrected chi connectivity index (χ4v) is 5.06. The van der Waals surface area contributed by atoms with Crippen LogP contribution >= 0.6 is 11.8 Å². The zero-order chi connectivity index (χ0) is 23.9. The van der Waals surface area contributed by atoms with Gasteiger partial charge >= 0.3 is 0 Å². The van der Waals surface area contributed by atoms with E-state index in [9.17, 15) is 4.79 Å². The fraction of sp³-hybridized carbons (Fsp3) is 0.458. The molecule has 1 aromatic carbocycles. The molecule has 34 heavy (non-hydrogen) atoms. The Morgan fingerprint density at radius 3 is 2.50 bits per heavy atom. The van der Waals surface area contributed by atoms with Crippen LogP contribution in [0.4, 0.5) is 0 Å². The fourth-order valence-electron chi connectivity index (χ4n) is 4.22. The third kappa shape index (κ3) is 5.32. The van der Waals surface area contributed by atoms with Crippen LogP contribution in [-0.4, -0.2) is 47.8 Å². The Kier molecular flexibility index (Phi) is 7.99. The molecule has 0 atom stereocenters. The average Bonchev–Trinajstić information content (AvgIpc) is 3.56. The van der Waals surface area contributed by atoms with Crippen molar-refractivity contribution in [3.63, 3.8) is 0 Å². The molecule has 0 unspecified atom stereocenters. The van der Waals surface area contributed by atoms with Crippen LogP contribution in [0.15, 0.2) is 40.1 Å². The number of hydrogen-bond donors (Lipinski definition) is 1. The predicted molar refractivity (Wildman–Crippen MR) is 129 cm³/mol. The number of thioether (sulfide) groups is 1. The average molecular weight is 487 g/mol. The molecule has 1 aliphatic carbocycles. The molecule has 3 aromatic rings. The van der Waals surface area contributed by atoms with Gasteiger partial charge in [-0.1, -0.05) is 31.0 Å². The molecule has 182 valence electrons. The summed E-state index contributed by atoms with van der Waals surface area (Å²) in [5.41, 5.74) is 0.795. The van der Waals surface area contributed by atoms with Crippen molar-refractivity contribution in [3.05, 3.63) is 36.1 Å². The molecular formula is C24H30N4O5S. The Balaban J connectivity index is 1.43. The lowest BCUT2D eigenvalue weighted by atomic mass is 9.95. The largest absolute Gasteiger partial charge is 0.496 e. The molecule has 0 spiro atoms. The first-order chi connectivity index (χ1) is 16.6. The van der Waals surface area contributed by atoms with E-state index in [4.69, 9.17) is 18.6 Å². The minimum absolute atomic E-state index is 0.111. The van der Waals surface area contributed by atoms with Crippen LogP contribution in [0.2, 0.25) is 0 Å². The van der Waals surface area contributed by atoms with Gasteiger partial charge in [0, 0.05) is 24.2 Å². The van der Waals surface area contributed by atoms with Crippen molar-refractivity contribution in [1.82, 2.24) is 20.1 Å². The minimum atomic E-state index is -0.111. The number of ether oxygens (including phenoxy) is 3. The van der Waals surface area contributed by atoms with Gasteiger partial charge in [0.25, 0.3) is 0 Å². The number of rotatable bonds is 10. The molecule has 2 heterocycles. The highest BCUT2D eigenvalue weighted by Gasteiger charge is 2.25. The molecule has 10 heteroatoms. The normalized spacial score (nSPS) is 14.1. The summed E-state index contributed by atoms with van der Waals surface area (Å²) < 4.78 is 23.9. The molecule has 0 radical (unpaired) electrons. The van der Waals surface area contributed by atoms with Gasteiger partial charge in [-0.05, 0) is 31.0 Å². The summed E-state index contributed by atoms with van der Waals surface area (Å²) >= 11 is 1.39. The maximum absolute atomic E-state index is 12.7. The molecule has 0 aliphatic heterocycles. The van der Waals surface area contributed by atoms with E-state index in [1.165, 1.54) is 31.0 Å². The van der Waals surface area contributed by atoms with Crippen molar-refractivity contribution in [3.8, 4) is 28.8 Å². The van der Waals surface area contributed by atoms with Gasteiger partial charge in [0.1, 0.15) is 5.75 Å². The zero-order valence-electron chi connectivity index (χ0n) is 19.7. The molecule has 1 aliphatic rings. The minimum Gasteiger partial charge on any atom is -0.496 e. The number of furan rings is 1. The Hall–Kier alpha value is -3.14. The summed E-state index contributed by atoms with van der Waals surface area (Å²) in [5.74, 6) is 3.28. The first-order valence-corrected chi connectivity index (χ1v) is 12.3. The molecule has 0 saturated heterocycles. The Labute approximate surface area is 203 Å². The van der Waals surface area contributed by atoms with Crippen LogP contribution in [0.3, 0.4) is 0 Å². The highest BCUT2D eigenvalue weighted by atomic mass is 32.2. The van der Waals surface area contributed by atoms with E-state index < -0.39 is 0 Å². The standard InChI is InChI=1S/C24H30N4O5S/c1-30-19-13-21(32-3)20(31-2)12-16(19)14-25-22(29)15-34-24-27-26-23(18-10-7-11-33-18)28(24)17-8-5-4-6-9-17/h7,10-13,17H,4-6,8-9,14-15H2,1-3H3,(H,25,29). The molecule has 0 bridgehead atoms. The van der Waals surface area contributed by atoms with Crippen molar-refractivity contribution in [1.29, 1.82) is 0 Å². The van der Waals surface area contributed by atoms with Crippen molar-refractivity contribution in [2.24, 2.45) is 0 Å². The maximum Gasteiger partial charge on any atom is 0.230 e. The van der Waals surface area contributed by atoms with E-state index in [1.807, 2.05) is 12.1 Å². The number of benzene rings is 1. The van der Waals surface area contributed by atoms with Crippen molar-refractivity contribution in [2.45, 2.75) is 49.8 Å². The Morgan fingerprint density at radius 2 is 1.82 bits per heavy atom. The van der Waals surface area contributed by atoms with Crippen LogP contribution in [0.25, 0.3) is 11.6 Å². The smallest absolute Gasteiger partial charge is 0.230 e.